The summed E-state index contributed by atoms with van der Waals surface area (Å²) >= 11 is 0. The maximum atomic E-state index is 2.46. The van der Waals surface area contributed by atoms with Gasteiger partial charge < -0.3 is 9.80 Å². The van der Waals surface area contributed by atoms with Crippen LogP contribution in [0.15, 0.2) is 212 Å². The molecule has 2 nitrogen and oxygen atoms in total. The van der Waals surface area contributed by atoms with E-state index in [1.165, 1.54) is 38.9 Å². The number of benzene rings is 8. The quantitative estimate of drug-likeness (QED) is 0.146. The highest BCUT2D eigenvalue weighted by Crippen LogP contribution is 2.54. The fraction of sp³-hybridized carbons (Fsp3) is 0.111. The molecule has 8 aromatic rings. The van der Waals surface area contributed by atoms with Gasteiger partial charge in [0.25, 0.3) is 0 Å². The highest BCUT2D eigenvalue weighted by Gasteiger charge is 2.46. The highest BCUT2D eigenvalue weighted by atomic mass is 15.1. The van der Waals surface area contributed by atoms with Crippen LogP contribution in [0.4, 0.5) is 34.1 Å². The molecule has 0 radical (unpaired) electrons. The lowest BCUT2D eigenvalue weighted by atomic mass is 9.75. The van der Waals surface area contributed by atoms with Gasteiger partial charge in [-0.15, -0.1) is 0 Å². The zero-order valence-corrected chi connectivity index (χ0v) is 32.3. The normalized spacial score (nSPS) is 15.6. The standard InChI is InChI=1S/C54H46N2/c1-53(2)39-54(3,44-28-34-49(35-29-44)55(45-20-12-6-13-21-45)47-30-24-42(25-31-47)40-16-8-4-9-17-40)52-38-50(36-37-51(52)53)56(46-22-14-7-15-23-46)48-32-26-43(27-33-48)41-18-10-5-11-19-41/h4-38H,39H2,1-3H3. The van der Waals surface area contributed by atoms with Gasteiger partial charge in [0.15, 0.2) is 0 Å². The van der Waals surface area contributed by atoms with Crippen molar-refractivity contribution in [2.45, 2.75) is 38.0 Å². The van der Waals surface area contributed by atoms with Crippen LogP contribution < -0.4 is 9.80 Å². The molecule has 8 aromatic carbocycles. The topological polar surface area (TPSA) is 6.48 Å². The summed E-state index contributed by atoms with van der Waals surface area (Å²) in [5.41, 5.74) is 15.7. The van der Waals surface area contributed by atoms with E-state index < -0.39 is 0 Å². The smallest absolute Gasteiger partial charge is 0.0464 e. The predicted molar refractivity (Wildman–Crippen MR) is 237 cm³/mol. The van der Waals surface area contributed by atoms with Gasteiger partial charge in [-0.05, 0) is 124 Å². The Kier molecular flexibility index (Phi) is 9.11. The molecule has 0 amide bonds. The second-order valence-corrected chi connectivity index (χ2v) is 15.8. The van der Waals surface area contributed by atoms with Crippen LogP contribution in [0.3, 0.4) is 0 Å². The molecule has 2 heteroatoms. The second-order valence-electron chi connectivity index (χ2n) is 15.8. The molecule has 0 saturated heterocycles. The first-order valence-corrected chi connectivity index (χ1v) is 19.6. The molecule has 1 aliphatic rings. The summed E-state index contributed by atoms with van der Waals surface area (Å²) in [6, 6.07) is 77.0. The van der Waals surface area contributed by atoms with Gasteiger partial charge in [0, 0.05) is 39.5 Å². The molecule has 0 spiro atoms. The van der Waals surface area contributed by atoms with Crippen molar-refractivity contribution >= 4 is 34.1 Å². The maximum Gasteiger partial charge on any atom is 0.0464 e. The lowest BCUT2D eigenvalue weighted by Gasteiger charge is -2.31. The van der Waals surface area contributed by atoms with E-state index in [-0.39, 0.29) is 10.8 Å². The lowest BCUT2D eigenvalue weighted by Crippen LogP contribution is -2.23. The van der Waals surface area contributed by atoms with Crippen molar-refractivity contribution in [1.82, 2.24) is 0 Å². The predicted octanol–water partition coefficient (Wildman–Crippen LogP) is 14.9. The Labute approximate surface area is 332 Å². The van der Waals surface area contributed by atoms with Gasteiger partial charge >= 0.3 is 0 Å². The molecule has 272 valence electrons. The van der Waals surface area contributed by atoms with Crippen molar-refractivity contribution in [3.8, 4) is 22.3 Å². The average molecular weight is 723 g/mol. The Morgan fingerprint density at radius 2 is 0.661 bits per heavy atom. The fourth-order valence-electron chi connectivity index (χ4n) is 8.94. The molecule has 0 saturated carbocycles. The van der Waals surface area contributed by atoms with Crippen LogP contribution in [0.1, 0.15) is 43.9 Å². The van der Waals surface area contributed by atoms with E-state index >= 15 is 0 Å². The molecule has 0 aliphatic heterocycles. The largest absolute Gasteiger partial charge is 0.311 e. The van der Waals surface area contributed by atoms with Crippen molar-refractivity contribution in [2.75, 3.05) is 9.80 Å². The Morgan fingerprint density at radius 1 is 0.321 bits per heavy atom. The summed E-state index contributed by atoms with van der Waals surface area (Å²) in [6.07, 6.45) is 1.03. The van der Waals surface area contributed by atoms with E-state index in [0.717, 1.165) is 40.5 Å². The van der Waals surface area contributed by atoms with Gasteiger partial charge in [-0.2, -0.15) is 0 Å². The molecule has 56 heavy (non-hydrogen) atoms. The third-order valence-electron chi connectivity index (χ3n) is 11.6. The molecule has 1 atom stereocenters. The minimum Gasteiger partial charge on any atom is -0.311 e. The van der Waals surface area contributed by atoms with E-state index in [0.29, 0.717) is 0 Å². The maximum absolute atomic E-state index is 2.46. The zero-order chi connectivity index (χ0) is 38.1. The first-order chi connectivity index (χ1) is 27.4. The lowest BCUT2D eigenvalue weighted by molar-refractivity contribution is 0.425. The monoisotopic (exact) mass is 722 g/mol. The van der Waals surface area contributed by atoms with Crippen molar-refractivity contribution in [1.29, 1.82) is 0 Å². The molecular weight excluding hydrogens is 677 g/mol. The van der Waals surface area contributed by atoms with Crippen molar-refractivity contribution < 1.29 is 0 Å². The summed E-state index contributed by atoms with van der Waals surface area (Å²) < 4.78 is 0. The number of fused-ring (bicyclic) bond motifs is 1. The third kappa shape index (κ3) is 6.58. The number of hydrogen-bond donors (Lipinski definition) is 0. The van der Waals surface area contributed by atoms with E-state index in [9.17, 15) is 0 Å². The third-order valence-corrected chi connectivity index (χ3v) is 11.6. The van der Waals surface area contributed by atoms with Gasteiger partial charge in [0.2, 0.25) is 0 Å². The van der Waals surface area contributed by atoms with Crippen LogP contribution in [0.25, 0.3) is 22.3 Å². The van der Waals surface area contributed by atoms with Crippen LogP contribution >= 0.6 is 0 Å². The van der Waals surface area contributed by atoms with Crippen molar-refractivity contribution in [3.05, 3.63) is 229 Å². The van der Waals surface area contributed by atoms with E-state index in [1.54, 1.807) is 0 Å². The van der Waals surface area contributed by atoms with Gasteiger partial charge in [0.1, 0.15) is 0 Å². The molecular formula is C54H46N2. The molecule has 0 heterocycles. The van der Waals surface area contributed by atoms with Crippen LogP contribution in [0, 0.1) is 0 Å². The molecule has 1 unspecified atom stereocenters. The van der Waals surface area contributed by atoms with Crippen LogP contribution in [0.5, 0.6) is 0 Å². The summed E-state index contributed by atoms with van der Waals surface area (Å²) in [5.74, 6) is 0. The van der Waals surface area contributed by atoms with Gasteiger partial charge in [-0.1, -0.05) is 160 Å². The molecule has 0 aromatic heterocycles. The molecule has 9 rings (SSSR count). The fourth-order valence-corrected chi connectivity index (χ4v) is 8.94. The Hall–Kier alpha value is -6.64. The van der Waals surface area contributed by atoms with E-state index in [2.05, 4.69) is 243 Å². The first kappa shape index (κ1) is 35.1. The Bertz CT molecular complexity index is 2540. The van der Waals surface area contributed by atoms with E-state index in [1.807, 2.05) is 0 Å². The number of hydrogen-bond acceptors (Lipinski definition) is 2. The minimum absolute atomic E-state index is 0.0206. The molecule has 0 bridgehead atoms. The number of nitrogens with zero attached hydrogens (tertiary/aromatic N) is 2. The van der Waals surface area contributed by atoms with Gasteiger partial charge in [0.05, 0.1) is 0 Å². The highest BCUT2D eigenvalue weighted by molar-refractivity contribution is 5.81. The number of anilines is 6. The minimum atomic E-state index is -0.179. The Morgan fingerprint density at radius 3 is 1.11 bits per heavy atom. The summed E-state index contributed by atoms with van der Waals surface area (Å²) in [6.45, 7) is 7.25. The zero-order valence-electron chi connectivity index (χ0n) is 32.3. The summed E-state index contributed by atoms with van der Waals surface area (Å²) in [4.78, 5) is 4.75. The van der Waals surface area contributed by atoms with Crippen LogP contribution in [0.2, 0.25) is 0 Å². The SMILES string of the molecule is CC1(C)CC(C)(c2ccc(N(c3ccccc3)c3ccc(-c4ccccc4)cc3)cc2)c2cc(N(c3ccccc3)c3ccc(-c4ccccc4)cc3)ccc21. The number of para-hydroxylation sites is 2. The van der Waals surface area contributed by atoms with Crippen molar-refractivity contribution in [2.24, 2.45) is 0 Å². The van der Waals surface area contributed by atoms with E-state index in [4.69, 9.17) is 0 Å². The average Bonchev–Trinajstić information content (AvgIpc) is 3.47. The first-order valence-electron chi connectivity index (χ1n) is 19.6. The second kappa shape index (κ2) is 14.5. The van der Waals surface area contributed by atoms with Gasteiger partial charge in [-0.3, -0.25) is 0 Å². The molecule has 1 aliphatic carbocycles. The van der Waals surface area contributed by atoms with Crippen LogP contribution in [-0.4, -0.2) is 0 Å². The van der Waals surface area contributed by atoms with Crippen molar-refractivity contribution in [3.63, 3.8) is 0 Å². The summed E-state index contributed by atoms with van der Waals surface area (Å²) in [7, 11) is 0. The van der Waals surface area contributed by atoms with Gasteiger partial charge in [-0.25, -0.2) is 0 Å². The molecule has 0 fully saturated rings. The molecule has 0 N–H and O–H groups in total. The number of rotatable bonds is 9. The Balaban J connectivity index is 1.09. The van der Waals surface area contributed by atoms with Crippen LogP contribution in [-0.2, 0) is 10.8 Å². The summed E-state index contributed by atoms with van der Waals surface area (Å²) in [5, 5.41) is 0.